The van der Waals surface area contributed by atoms with Gasteiger partial charge in [-0.25, -0.2) is 4.79 Å². The molecule has 1 saturated carbocycles. The average Bonchev–Trinajstić information content (AvgIpc) is 3.36. The predicted molar refractivity (Wildman–Crippen MR) is 135 cm³/mol. The Labute approximate surface area is 213 Å². The van der Waals surface area contributed by atoms with Gasteiger partial charge < -0.3 is 18.9 Å². The summed E-state index contributed by atoms with van der Waals surface area (Å²) in [6, 6.07) is 12.8. The van der Waals surface area contributed by atoms with Crippen molar-refractivity contribution in [2.24, 2.45) is 16.2 Å². The number of hydrogen-bond acceptors (Lipinski definition) is 7. The molecule has 36 heavy (non-hydrogen) atoms. The van der Waals surface area contributed by atoms with Gasteiger partial charge in [0.25, 0.3) is 6.47 Å². The Morgan fingerprint density at radius 2 is 1.44 bits per heavy atom. The van der Waals surface area contributed by atoms with Crippen LogP contribution in [-0.2, 0) is 14.3 Å². The van der Waals surface area contributed by atoms with E-state index in [0.717, 1.165) is 25.7 Å². The summed E-state index contributed by atoms with van der Waals surface area (Å²) in [5.41, 5.74) is 0.0512. The molecule has 0 saturated heterocycles. The van der Waals surface area contributed by atoms with Crippen molar-refractivity contribution in [1.82, 2.24) is 0 Å². The van der Waals surface area contributed by atoms with Crippen LogP contribution in [0.4, 0.5) is 0 Å². The molecular formula is C29H36O7. The Hall–Kier alpha value is -3.35. The quantitative estimate of drug-likeness (QED) is 0.154. The number of benzene rings is 2. The van der Waals surface area contributed by atoms with Gasteiger partial charge in [-0.2, -0.15) is 0 Å². The summed E-state index contributed by atoms with van der Waals surface area (Å²) in [5, 5.41) is 0. The van der Waals surface area contributed by atoms with Crippen LogP contribution in [0.15, 0.2) is 48.5 Å². The highest BCUT2D eigenvalue weighted by Gasteiger charge is 2.67. The summed E-state index contributed by atoms with van der Waals surface area (Å²) >= 11 is 0. The van der Waals surface area contributed by atoms with E-state index in [-0.39, 0.29) is 22.2 Å². The maximum Gasteiger partial charge on any atom is 0.343 e. The average molecular weight is 497 g/mol. The van der Waals surface area contributed by atoms with Gasteiger partial charge in [0.05, 0.1) is 24.2 Å². The fraction of sp³-hybridized carbons (Fsp3) is 0.483. The second kappa shape index (κ2) is 11.1. The van der Waals surface area contributed by atoms with Gasteiger partial charge in [0.15, 0.2) is 0 Å². The summed E-state index contributed by atoms with van der Waals surface area (Å²) in [6.07, 6.45) is 3.20. The minimum Gasteiger partial charge on any atom is -0.494 e. The van der Waals surface area contributed by atoms with E-state index in [1.165, 1.54) is 24.3 Å². The third kappa shape index (κ3) is 7.09. The summed E-state index contributed by atoms with van der Waals surface area (Å²) in [6.45, 7) is 12.0. The normalized spacial score (nSPS) is 18.1. The maximum absolute atomic E-state index is 12.8. The Kier molecular flexibility index (Phi) is 8.43. The molecular weight excluding hydrogens is 460 g/mol. The number of hydrogen-bond donors (Lipinski definition) is 0. The molecule has 7 nitrogen and oxygen atoms in total. The van der Waals surface area contributed by atoms with Crippen LogP contribution in [0.1, 0.15) is 70.7 Å². The van der Waals surface area contributed by atoms with Gasteiger partial charge in [-0.05, 0) is 85.0 Å². The van der Waals surface area contributed by atoms with Gasteiger partial charge in [0, 0.05) is 0 Å². The lowest BCUT2D eigenvalue weighted by molar-refractivity contribution is -0.153. The van der Waals surface area contributed by atoms with Crippen molar-refractivity contribution in [1.29, 1.82) is 0 Å². The number of esters is 2. The van der Waals surface area contributed by atoms with E-state index in [0.29, 0.717) is 42.5 Å². The van der Waals surface area contributed by atoms with Crippen LogP contribution in [0.5, 0.6) is 17.2 Å². The highest BCUT2D eigenvalue weighted by atomic mass is 16.5. The standard InChI is InChI=1S/C29H36O7/c1-27(2,3)18-29(19-28(29,4)5)26(32)34-17-7-6-16-33-22-12-14-24(15-13-22)36-25(31)21-8-10-23(11-9-21)35-20-30/h8-15,20H,6-7,16-19H2,1-5H3. The molecule has 2 aromatic carbocycles. The highest BCUT2D eigenvalue weighted by molar-refractivity contribution is 5.91. The van der Waals surface area contributed by atoms with Crippen LogP contribution >= 0.6 is 0 Å². The molecule has 0 aliphatic heterocycles. The van der Waals surface area contributed by atoms with Crippen molar-refractivity contribution in [2.75, 3.05) is 13.2 Å². The first-order valence-electron chi connectivity index (χ1n) is 12.3. The molecule has 0 N–H and O–H groups in total. The first-order chi connectivity index (χ1) is 17.0. The lowest BCUT2D eigenvalue weighted by Crippen LogP contribution is -2.29. The van der Waals surface area contributed by atoms with E-state index in [9.17, 15) is 14.4 Å². The van der Waals surface area contributed by atoms with Crippen molar-refractivity contribution < 1.29 is 33.3 Å². The number of rotatable bonds is 12. The van der Waals surface area contributed by atoms with Crippen LogP contribution in [0.3, 0.4) is 0 Å². The van der Waals surface area contributed by atoms with E-state index in [1.54, 1.807) is 24.3 Å². The van der Waals surface area contributed by atoms with Crippen molar-refractivity contribution in [3.8, 4) is 17.2 Å². The van der Waals surface area contributed by atoms with Crippen molar-refractivity contribution in [3.05, 3.63) is 54.1 Å². The highest BCUT2D eigenvalue weighted by Crippen LogP contribution is 2.68. The van der Waals surface area contributed by atoms with Gasteiger partial charge in [0.2, 0.25) is 0 Å². The van der Waals surface area contributed by atoms with Gasteiger partial charge >= 0.3 is 11.9 Å². The Balaban J connectivity index is 1.36. The topological polar surface area (TPSA) is 88.1 Å². The molecule has 0 radical (unpaired) electrons. The molecule has 1 aliphatic rings. The minimum atomic E-state index is -0.519. The van der Waals surface area contributed by atoms with Crippen molar-refractivity contribution >= 4 is 18.4 Å². The molecule has 0 bridgehead atoms. The van der Waals surface area contributed by atoms with Crippen LogP contribution < -0.4 is 14.2 Å². The van der Waals surface area contributed by atoms with Gasteiger partial charge in [-0.3, -0.25) is 9.59 Å². The first-order valence-corrected chi connectivity index (χ1v) is 12.3. The third-order valence-corrected chi connectivity index (χ3v) is 6.49. The fourth-order valence-corrected chi connectivity index (χ4v) is 4.53. The van der Waals surface area contributed by atoms with Crippen LogP contribution in [0, 0.1) is 16.2 Å². The molecule has 3 rings (SSSR count). The molecule has 7 heteroatoms. The Morgan fingerprint density at radius 3 is 2.00 bits per heavy atom. The minimum absolute atomic E-state index is 0.00235. The molecule has 1 fully saturated rings. The van der Waals surface area contributed by atoms with E-state index in [2.05, 4.69) is 34.6 Å². The molecule has 1 aliphatic carbocycles. The lowest BCUT2D eigenvalue weighted by Gasteiger charge is -2.27. The number of ether oxygens (including phenoxy) is 4. The van der Waals surface area contributed by atoms with Gasteiger partial charge in [0.1, 0.15) is 17.2 Å². The predicted octanol–water partition coefficient (Wildman–Crippen LogP) is 6.00. The SMILES string of the molecule is CC(C)(C)CC1(C(=O)OCCCCOc2ccc(OC(=O)c3ccc(OC=O)cc3)cc2)CC1(C)C. The molecule has 0 aromatic heterocycles. The largest absolute Gasteiger partial charge is 0.494 e. The Bertz CT molecular complexity index is 1050. The van der Waals surface area contributed by atoms with Crippen LogP contribution in [-0.4, -0.2) is 31.6 Å². The summed E-state index contributed by atoms with van der Waals surface area (Å²) in [4.78, 5) is 35.4. The number of carbonyl (C=O) groups excluding carboxylic acids is 3. The smallest absolute Gasteiger partial charge is 0.343 e. The monoisotopic (exact) mass is 496 g/mol. The summed E-state index contributed by atoms with van der Waals surface area (Å²) in [7, 11) is 0. The van der Waals surface area contributed by atoms with Gasteiger partial charge in [-0.15, -0.1) is 0 Å². The maximum atomic E-state index is 12.8. The second-order valence-corrected chi connectivity index (χ2v) is 11.2. The second-order valence-electron chi connectivity index (χ2n) is 11.2. The van der Waals surface area contributed by atoms with Crippen LogP contribution in [0.2, 0.25) is 0 Å². The van der Waals surface area contributed by atoms with Crippen molar-refractivity contribution in [2.45, 2.75) is 60.3 Å². The molecule has 0 spiro atoms. The fourth-order valence-electron chi connectivity index (χ4n) is 4.53. The molecule has 1 unspecified atom stereocenters. The number of unbranched alkanes of at least 4 members (excludes halogenated alkanes) is 1. The third-order valence-electron chi connectivity index (χ3n) is 6.49. The van der Waals surface area contributed by atoms with E-state index in [1.807, 2.05) is 0 Å². The van der Waals surface area contributed by atoms with E-state index in [4.69, 9.17) is 18.9 Å². The molecule has 0 amide bonds. The molecule has 1 atom stereocenters. The molecule has 194 valence electrons. The zero-order valence-electron chi connectivity index (χ0n) is 21.8. The molecule has 0 heterocycles. The van der Waals surface area contributed by atoms with Crippen molar-refractivity contribution in [3.63, 3.8) is 0 Å². The Morgan fingerprint density at radius 1 is 0.889 bits per heavy atom. The summed E-state index contributed by atoms with van der Waals surface area (Å²) in [5.74, 6) is 0.802. The summed E-state index contributed by atoms with van der Waals surface area (Å²) < 4.78 is 21.5. The number of carbonyl (C=O) groups is 3. The van der Waals surface area contributed by atoms with E-state index >= 15 is 0 Å². The van der Waals surface area contributed by atoms with Crippen LogP contribution in [0.25, 0.3) is 0 Å². The molecule has 2 aromatic rings. The zero-order chi connectivity index (χ0) is 26.4. The lowest BCUT2D eigenvalue weighted by atomic mass is 9.79. The zero-order valence-corrected chi connectivity index (χ0v) is 21.8. The van der Waals surface area contributed by atoms with Gasteiger partial charge in [-0.1, -0.05) is 34.6 Å². The first kappa shape index (κ1) is 27.2. The van der Waals surface area contributed by atoms with E-state index < -0.39 is 5.97 Å².